The van der Waals surface area contributed by atoms with Gasteiger partial charge in [0, 0.05) is 43.9 Å². The molecule has 1 amide bonds. The van der Waals surface area contributed by atoms with Crippen molar-refractivity contribution in [1.29, 1.82) is 0 Å². The first-order valence-corrected chi connectivity index (χ1v) is 8.13. The summed E-state index contributed by atoms with van der Waals surface area (Å²) in [6.45, 7) is 5.60. The Kier molecular flexibility index (Phi) is 5.27. The topological polar surface area (TPSA) is 28.5 Å². The lowest BCUT2D eigenvalue weighted by Gasteiger charge is -2.36. The Hall–Kier alpha value is -0.810. The van der Waals surface area contributed by atoms with Crippen molar-refractivity contribution in [2.24, 2.45) is 7.05 Å². The van der Waals surface area contributed by atoms with E-state index in [0.717, 1.165) is 36.1 Å². The normalized spacial score (nSPS) is 17.4. The van der Waals surface area contributed by atoms with Crippen LogP contribution >= 0.6 is 15.9 Å². The monoisotopic (exact) mass is 341 g/mol. The SMILES string of the molecule is CCCN1CCC(N(C)C(=O)c2cc(Br)cn2C)CC1. The molecule has 0 aromatic carbocycles. The third-order valence-electron chi connectivity index (χ3n) is 4.16. The van der Waals surface area contributed by atoms with E-state index in [1.165, 1.54) is 13.0 Å². The lowest BCUT2D eigenvalue weighted by molar-refractivity contribution is 0.0633. The molecule has 4 nitrogen and oxygen atoms in total. The number of piperidine rings is 1. The minimum atomic E-state index is 0.118. The van der Waals surface area contributed by atoms with Gasteiger partial charge in [-0.3, -0.25) is 4.79 Å². The molecule has 112 valence electrons. The van der Waals surface area contributed by atoms with Crippen LogP contribution in [0.5, 0.6) is 0 Å². The zero-order valence-corrected chi connectivity index (χ0v) is 14.2. The Morgan fingerprint density at radius 1 is 1.45 bits per heavy atom. The molecule has 1 aliphatic heterocycles. The zero-order chi connectivity index (χ0) is 14.7. The summed E-state index contributed by atoms with van der Waals surface area (Å²) in [5.41, 5.74) is 0.746. The Morgan fingerprint density at radius 2 is 2.10 bits per heavy atom. The van der Waals surface area contributed by atoms with E-state index in [9.17, 15) is 4.79 Å². The Labute approximate surface area is 129 Å². The number of amides is 1. The lowest BCUT2D eigenvalue weighted by atomic mass is 10.0. The molecule has 5 heteroatoms. The van der Waals surface area contributed by atoms with Gasteiger partial charge in [0.15, 0.2) is 0 Å². The summed E-state index contributed by atoms with van der Waals surface area (Å²) < 4.78 is 2.84. The number of nitrogens with zero attached hydrogens (tertiary/aromatic N) is 3. The van der Waals surface area contributed by atoms with Crippen LogP contribution in [0, 0.1) is 0 Å². The van der Waals surface area contributed by atoms with Crippen LogP contribution < -0.4 is 0 Å². The number of carbonyl (C=O) groups is 1. The number of likely N-dealkylation sites (tertiary alicyclic amines) is 1. The first-order chi connectivity index (χ1) is 9.52. The van der Waals surface area contributed by atoms with Crippen molar-refractivity contribution < 1.29 is 4.79 Å². The maximum atomic E-state index is 12.6. The predicted molar refractivity (Wildman–Crippen MR) is 85.0 cm³/mol. The first-order valence-electron chi connectivity index (χ1n) is 7.34. The van der Waals surface area contributed by atoms with Crippen molar-refractivity contribution in [3.05, 3.63) is 22.4 Å². The van der Waals surface area contributed by atoms with Gasteiger partial charge in [-0.2, -0.15) is 0 Å². The summed E-state index contributed by atoms with van der Waals surface area (Å²) >= 11 is 3.42. The maximum Gasteiger partial charge on any atom is 0.270 e. The van der Waals surface area contributed by atoms with E-state index in [0.29, 0.717) is 6.04 Å². The van der Waals surface area contributed by atoms with Crippen molar-refractivity contribution in [3.8, 4) is 0 Å². The van der Waals surface area contributed by atoms with E-state index in [1.807, 2.05) is 35.8 Å². The van der Waals surface area contributed by atoms with Crippen LogP contribution in [0.25, 0.3) is 0 Å². The van der Waals surface area contributed by atoms with Crippen molar-refractivity contribution in [3.63, 3.8) is 0 Å². The molecule has 20 heavy (non-hydrogen) atoms. The second-order valence-corrected chi connectivity index (χ2v) is 6.56. The van der Waals surface area contributed by atoms with Gasteiger partial charge < -0.3 is 14.4 Å². The number of carbonyl (C=O) groups excluding carboxylic acids is 1. The first kappa shape index (κ1) is 15.6. The molecule has 1 saturated heterocycles. The summed E-state index contributed by atoms with van der Waals surface area (Å²) in [5, 5.41) is 0. The van der Waals surface area contributed by atoms with E-state index in [-0.39, 0.29) is 5.91 Å². The highest BCUT2D eigenvalue weighted by Crippen LogP contribution is 2.20. The molecular weight excluding hydrogens is 318 g/mol. The standard InChI is InChI=1S/C15H24BrN3O/c1-4-7-19-8-5-13(6-9-19)18(3)15(20)14-10-12(16)11-17(14)2/h10-11,13H,4-9H2,1-3H3. The number of hydrogen-bond acceptors (Lipinski definition) is 2. The number of rotatable bonds is 4. The van der Waals surface area contributed by atoms with Crippen LogP contribution in [0.2, 0.25) is 0 Å². The second-order valence-electron chi connectivity index (χ2n) is 5.64. The molecule has 2 heterocycles. The highest BCUT2D eigenvalue weighted by Gasteiger charge is 2.26. The highest BCUT2D eigenvalue weighted by atomic mass is 79.9. The van der Waals surface area contributed by atoms with Crippen LogP contribution in [0.4, 0.5) is 0 Å². The molecular formula is C15H24BrN3O. The molecule has 1 aromatic heterocycles. The second kappa shape index (κ2) is 6.76. The fourth-order valence-electron chi connectivity index (χ4n) is 2.93. The third kappa shape index (κ3) is 3.44. The van der Waals surface area contributed by atoms with E-state index < -0.39 is 0 Å². The van der Waals surface area contributed by atoms with Crippen LogP contribution in [-0.4, -0.2) is 53.0 Å². The van der Waals surface area contributed by atoms with Gasteiger partial charge in [-0.25, -0.2) is 0 Å². The van der Waals surface area contributed by atoms with Gasteiger partial charge >= 0.3 is 0 Å². The molecule has 0 N–H and O–H groups in total. The summed E-state index contributed by atoms with van der Waals surface area (Å²) in [4.78, 5) is 17.0. The smallest absolute Gasteiger partial charge is 0.270 e. The zero-order valence-electron chi connectivity index (χ0n) is 12.6. The number of hydrogen-bond donors (Lipinski definition) is 0. The quantitative estimate of drug-likeness (QED) is 0.842. The van der Waals surface area contributed by atoms with E-state index in [2.05, 4.69) is 27.8 Å². The molecule has 0 unspecified atom stereocenters. The Balaban J connectivity index is 1.96. The third-order valence-corrected chi connectivity index (χ3v) is 4.59. The molecule has 1 aromatic rings. The van der Waals surface area contributed by atoms with Gasteiger partial charge in [0.2, 0.25) is 0 Å². The van der Waals surface area contributed by atoms with Gasteiger partial charge in [0.1, 0.15) is 5.69 Å². The van der Waals surface area contributed by atoms with Crippen LogP contribution in [-0.2, 0) is 7.05 Å². The molecule has 0 saturated carbocycles. The lowest BCUT2D eigenvalue weighted by Crippen LogP contribution is -2.46. The molecule has 0 aliphatic carbocycles. The van der Waals surface area contributed by atoms with Gasteiger partial charge in [-0.05, 0) is 47.8 Å². The predicted octanol–water partition coefficient (Wildman–Crippen LogP) is 2.73. The van der Waals surface area contributed by atoms with Crippen molar-refractivity contribution >= 4 is 21.8 Å². The van der Waals surface area contributed by atoms with Crippen molar-refractivity contribution in [1.82, 2.24) is 14.4 Å². The van der Waals surface area contributed by atoms with Gasteiger partial charge in [-0.1, -0.05) is 6.92 Å². The van der Waals surface area contributed by atoms with Crippen LogP contribution in [0.3, 0.4) is 0 Å². The largest absolute Gasteiger partial charge is 0.345 e. The number of halogens is 1. The van der Waals surface area contributed by atoms with Gasteiger partial charge in [0.05, 0.1) is 0 Å². The fraction of sp³-hybridized carbons (Fsp3) is 0.667. The fourth-order valence-corrected chi connectivity index (χ4v) is 3.45. The molecule has 1 fully saturated rings. The van der Waals surface area contributed by atoms with Crippen LogP contribution in [0.15, 0.2) is 16.7 Å². The maximum absolute atomic E-state index is 12.6. The average molecular weight is 342 g/mol. The molecule has 0 atom stereocenters. The van der Waals surface area contributed by atoms with Gasteiger partial charge in [0.25, 0.3) is 5.91 Å². The molecule has 0 radical (unpaired) electrons. The highest BCUT2D eigenvalue weighted by molar-refractivity contribution is 9.10. The Bertz CT molecular complexity index is 464. The van der Waals surface area contributed by atoms with E-state index in [4.69, 9.17) is 0 Å². The average Bonchev–Trinajstić information content (AvgIpc) is 2.77. The summed E-state index contributed by atoms with van der Waals surface area (Å²) in [6, 6.07) is 2.26. The molecule has 0 spiro atoms. The molecule has 1 aliphatic rings. The minimum absolute atomic E-state index is 0.118. The van der Waals surface area contributed by atoms with Gasteiger partial charge in [-0.15, -0.1) is 0 Å². The summed E-state index contributed by atoms with van der Waals surface area (Å²) in [6.07, 6.45) is 5.28. The number of aromatic nitrogens is 1. The van der Waals surface area contributed by atoms with Crippen molar-refractivity contribution in [2.45, 2.75) is 32.2 Å². The van der Waals surface area contributed by atoms with Crippen LogP contribution in [0.1, 0.15) is 36.7 Å². The molecule has 2 rings (SSSR count). The van der Waals surface area contributed by atoms with E-state index in [1.54, 1.807) is 0 Å². The number of aryl methyl sites for hydroxylation is 1. The molecule has 0 bridgehead atoms. The Morgan fingerprint density at radius 3 is 2.60 bits per heavy atom. The van der Waals surface area contributed by atoms with Crippen molar-refractivity contribution in [2.75, 3.05) is 26.7 Å². The summed E-state index contributed by atoms with van der Waals surface area (Å²) in [5.74, 6) is 0.118. The van der Waals surface area contributed by atoms with E-state index >= 15 is 0 Å². The summed E-state index contributed by atoms with van der Waals surface area (Å²) in [7, 11) is 3.85. The minimum Gasteiger partial charge on any atom is -0.345 e.